The fourth-order valence-corrected chi connectivity index (χ4v) is 2.63. The Morgan fingerprint density at radius 1 is 1.10 bits per heavy atom. The van der Waals surface area contributed by atoms with Crippen LogP contribution in [0.2, 0.25) is 0 Å². The molecule has 0 saturated heterocycles. The molecule has 1 N–H and O–H groups in total. The smallest absolute Gasteiger partial charge is 0.134 e. The SMILES string of the molecule is Cc1oc2ccccc2c1CN[C@H](C)c1ccccc1F. The molecule has 0 fully saturated rings. The van der Waals surface area contributed by atoms with Crippen LogP contribution in [0.1, 0.15) is 29.9 Å². The van der Waals surface area contributed by atoms with Gasteiger partial charge in [0, 0.05) is 29.1 Å². The number of nitrogens with one attached hydrogen (secondary N) is 1. The van der Waals surface area contributed by atoms with Crippen molar-refractivity contribution in [1.82, 2.24) is 5.32 Å². The minimum Gasteiger partial charge on any atom is -0.461 e. The van der Waals surface area contributed by atoms with Gasteiger partial charge in [0.25, 0.3) is 0 Å². The van der Waals surface area contributed by atoms with Crippen molar-refractivity contribution in [3.05, 3.63) is 71.2 Å². The van der Waals surface area contributed by atoms with E-state index in [1.54, 1.807) is 6.07 Å². The second kappa shape index (κ2) is 5.70. The number of aryl methyl sites for hydroxylation is 1. The number of halogens is 1. The van der Waals surface area contributed by atoms with E-state index in [1.165, 1.54) is 6.07 Å². The lowest BCUT2D eigenvalue weighted by Crippen LogP contribution is -2.19. The van der Waals surface area contributed by atoms with E-state index < -0.39 is 0 Å². The van der Waals surface area contributed by atoms with E-state index in [1.807, 2.05) is 44.2 Å². The van der Waals surface area contributed by atoms with Crippen molar-refractivity contribution in [3.63, 3.8) is 0 Å². The monoisotopic (exact) mass is 283 g/mol. The number of hydrogen-bond donors (Lipinski definition) is 1. The predicted molar refractivity (Wildman–Crippen MR) is 82.6 cm³/mol. The van der Waals surface area contributed by atoms with Gasteiger partial charge >= 0.3 is 0 Å². The van der Waals surface area contributed by atoms with Crippen molar-refractivity contribution >= 4 is 11.0 Å². The van der Waals surface area contributed by atoms with Gasteiger partial charge < -0.3 is 9.73 Å². The van der Waals surface area contributed by atoms with Crippen LogP contribution in [0.25, 0.3) is 11.0 Å². The third-order valence-corrected chi connectivity index (χ3v) is 3.86. The minimum atomic E-state index is -0.175. The number of benzene rings is 2. The lowest BCUT2D eigenvalue weighted by atomic mass is 10.1. The van der Waals surface area contributed by atoms with Crippen molar-refractivity contribution in [2.45, 2.75) is 26.4 Å². The highest BCUT2D eigenvalue weighted by molar-refractivity contribution is 5.82. The quantitative estimate of drug-likeness (QED) is 0.748. The molecule has 3 heteroatoms. The van der Waals surface area contributed by atoms with Crippen molar-refractivity contribution in [1.29, 1.82) is 0 Å². The first-order valence-electron chi connectivity index (χ1n) is 7.11. The van der Waals surface area contributed by atoms with Crippen molar-refractivity contribution in [2.24, 2.45) is 0 Å². The van der Waals surface area contributed by atoms with Gasteiger partial charge in [-0.1, -0.05) is 36.4 Å². The summed E-state index contributed by atoms with van der Waals surface area (Å²) in [7, 11) is 0. The molecule has 3 aromatic rings. The summed E-state index contributed by atoms with van der Waals surface area (Å²) in [5.74, 6) is 0.732. The molecule has 0 bridgehead atoms. The lowest BCUT2D eigenvalue weighted by molar-refractivity contribution is 0.519. The molecule has 0 radical (unpaired) electrons. The highest BCUT2D eigenvalue weighted by atomic mass is 19.1. The Kier molecular flexibility index (Phi) is 3.76. The van der Waals surface area contributed by atoms with Gasteiger partial charge in [-0.3, -0.25) is 0 Å². The first kappa shape index (κ1) is 13.8. The molecule has 0 aliphatic carbocycles. The summed E-state index contributed by atoms with van der Waals surface area (Å²) >= 11 is 0. The molecule has 0 aliphatic rings. The number of rotatable bonds is 4. The standard InChI is InChI=1S/C18H18FNO/c1-12(14-7-3-5-9-17(14)19)20-11-16-13(2)21-18-10-6-4-8-15(16)18/h3-10,12,20H,11H2,1-2H3/t12-/m1/s1. The summed E-state index contributed by atoms with van der Waals surface area (Å²) in [5.41, 5.74) is 2.71. The van der Waals surface area contributed by atoms with Crippen LogP contribution in [0.4, 0.5) is 4.39 Å². The third kappa shape index (κ3) is 2.69. The zero-order chi connectivity index (χ0) is 14.8. The summed E-state index contributed by atoms with van der Waals surface area (Å²) < 4.78 is 19.5. The summed E-state index contributed by atoms with van der Waals surface area (Å²) in [6.45, 7) is 4.58. The average molecular weight is 283 g/mol. The maximum atomic E-state index is 13.8. The molecule has 0 aliphatic heterocycles. The molecular weight excluding hydrogens is 265 g/mol. The van der Waals surface area contributed by atoms with Crippen LogP contribution in [0, 0.1) is 12.7 Å². The molecule has 108 valence electrons. The fraction of sp³-hybridized carbons (Fsp3) is 0.222. The first-order chi connectivity index (χ1) is 10.2. The van der Waals surface area contributed by atoms with Gasteiger partial charge in [-0.25, -0.2) is 4.39 Å². The van der Waals surface area contributed by atoms with E-state index in [4.69, 9.17) is 4.42 Å². The van der Waals surface area contributed by atoms with Crippen LogP contribution in [0.3, 0.4) is 0 Å². The number of hydrogen-bond acceptors (Lipinski definition) is 2. The second-order valence-electron chi connectivity index (χ2n) is 5.26. The number of fused-ring (bicyclic) bond motifs is 1. The summed E-state index contributed by atoms with van der Waals surface area (Å²) in [4.78, 5) is 0. The molecule has 0 amide bonds. The Bertz CT molecular complexity index is 763. The van der Waals surface area contributed by atoms with Crippen LogP contribution in [-0.2, 0) is 6.54 Å². The highest BCUT2D eigenvalue weighted by Gasteiger charge is 2.13. The molecule has 0 saturated carbocycles. The van der Waals surface area contributed by atoms with Gasteiger partial charge in [0.1, 0.15) is 17.2 Å². The normalized spacial score (nSPS) is 12.7. The van der Waals surface area contributed by atoms with Gasteiger partial charge in [-0.15, -0.1) is 0 Å². The largest absolute Gasteiger partial charge is 0.461 e. The van der Waals surface area contributed by atoms with E-state index in [2.05, 4.69) is 11.4 Å². The molecule has 0 unspecified atom stereocenters. The maximum absolute atomic E-state index is 13.8. The summed E-state index contributed by atoms with van der Waals surface area (Å²) in [5, 5.41) is 4.49. The van der Waals surface area contributed by atoms with Crippen LogP contribution in [0.5, 0.6) is 0 Å². The van der Waals surface area contributed by atoms with Crippen molar-refractivity contribution < 1.29 is 8.81 Å². The predicted octanol–water partition coefficient (Wildman–Crippen LogP) is 4.73. The molecule has 1 atom stereocenters. The molecule has 1 heterocycles. The van der Waals surface area contributed by atoms with Gasteiger partial charge in [0.15, 0.2) is 0 Å². The van der Waals surface area contributed by atoms with E-state index in [0.29, 0.717) is 12.1 Å². The van der Waals surface area contributed by atoms with Crippen molar-refractivity contribution in [2.75, 3.05) is 0 Å². The van der Waals surface area contributed by atoms with Gasteiger partial charge in [0.05, 0.1) is 0 Å². The van der Waals surface area contributed by atoms with Gasteiger partial charge in [0.2, 0.25) is 0 Å². The van der Waals surface area contributed by atoms with E-state index in [9.17, 15) is 4.39 Å². The maximum Gasteiger partial charge on any atom is 0.134 e. The van der Waals surface area contributed by atoms with E-state index in [-0.39, 0.29) is 11.9 Å². The summed E-state index contributed by atoms with van der Waals surface area (Å²) in [6.07, 6.45) is 0. The van der Waals surface area contributed by atoms with Crippen LogP contribution < -0.4 is 5.32 Å². The van der Waals surface area contributed by atoms with Gasteiger partial charge in [-0.05, 0) is 26.0 Å². The fourth-order valence-electron chi connectivity index (χ4n) is 2.63. The number of para-hydroxylation sites is 1. The molecule has 21 heavy (non-hydrogen) atoms. The van der Waals surface area contributed by atoms with Crippen LogP contribution >= 0.6 is 0 Å². The molecular formula is C18H18FNO. The van der Waals surface area contributed by atoms with E-state index >= 15 is 0 Å². The number of furan rings is 1. The summed E-state index contributed by atoms with van der Waals surface area (Å²) in [6, 6.07) is 14.8. The Labute approximate surface area is 123 Å². The lowest BCUT2D eigenvalue weighted by Gasteiger charge is -2.14. The first-order valence-corrected chi connectivity index (χ1v) is 7.11. The topological polar surface area (TPSA) is 25.2 Å². The Balaban J connectivity index is 1.81. The molecule has 2 nitrogen and oxygen atoms in total. The Morgan fingerprint density at radius 3 is 2.62 bits per heavy atom. The van der Waals surface area contributed by atoms with E-state index in [0.717, 1.165) is 22.3 Å². The zero-order valence-corrected chi connectivity index (χ0v) is 12.2. The average Bonchev–Trinajstić information content (AvgIpc) is 2.81. The van der Waals surface area contributed by atoms with Crippen LogP contribution in [0.15, 0.2) is 52.9 Å². The highest BCUT2D eigenvalue weighted by Crippen LogP contribution is 2.26. The Hall–Kier alpha value is -2.13. The minimum absolute atomic E-state index is 0.0562. The molecule has 2 aromatic carbocycles. The van der Waals surface area contributed by atoms with Crippen LogP contribution in [-0.4, -0.2) is 0 Å². The third-order valence-electron chi connectivity index (χ3n) is 3.86. The Morgan fingerprint density at radius 2 is 1.81 bits per heavy atom. The molecule has 3 rings (SSSR count). The molecule has 0 spiro atoms. The van der Waals surface area contributed by atoms with Gasteiger partial charge in [-0.2, -0.15) is 0 Å². The second-order valence-corrected chi connectivity index (χ2v) is 5.26. The van der Waals surface area contributed by atoms with Crippen molar-refractivity contribution in [3.8, 4) is 0 Å². The molecule has 1 aromatic heterocycles. The zero-order valence-electron chi connectivity index (χ0n) is 12.2.